The molecule has 0 fully saturated rings. The van der Waals surface area contributed by atoms with Gasteiger partial charge in [-0.05, 0) is 134 Å². The normalized spacial score (nSPS) is 17.3. The second-order valence-electron chi connectivity index (χ2n) is 17.3. The maximum atomic E-state index is 9.77. The molecule has 6 heteroatoms. The van der Waals surface area contributed by atoms with E-state index in [4.69, 9.17) is 18.8 Å². The molecule has 10 aromatic rings. The molecule has 0 radical (unpaired) electrons. The summed E-state index contributed by atoms with van der Waals surface area (Å²) in [6.07, 6.45) is 1.75. The molecule has 5 nitrogen and oxygen atoms in total. The van der Waals surface area contributed by atoms with Gasteiger partial charge in [-0.15, -0.1) is 0 Å². The molecule has 12 rings (SSSR count). The summed E-state index contributed by atoms with van der Waals surface area (Å²) in [6, 6.07) is 43.9. The van der Waals surface area contributed by atoms with Crippen molar-refractivity contribution in [2.24, 2.45) is 0 Å². The van der Waals surface area contributed by atoms with Crippen LogP contribution in [-0.4, -0.2) is 27.0 Å². The summed E-state index contributed by atoms with van der Waals surface area (Å²) in [4.78, 5) is 10.0. The number of pyridine rings is 1. The van der Waals surface area contributed by atoms with E-state index in [0.29, 0.717) is 39.0 Å². The van der Waals surface area contributed by atoms with Crippen LogP contribution in [0.2, 0.25) is 13.0 Å². The van der Waals surface area contributed by atoms with E-state index in [2.05, 4.69) is 12.1 Å². The van der Waals surface area contributed by atoms with E-state index in [1.54, 1.807) is 10.8 Å². The van der Waals surface area contributed by atoms with Crippen molar-refractivity contribution in [2.45, 2.75) is 52.8 Å². The van der Waals surface area contributed by atoms with Gasteiger partial charge in [0.15, 0.2) is 0 Å². The number of ether oxygens (including phenoxy) is 1. The molecule has 1 aliphatic heterocycles. The van der Waals surface area contributed by atoms with Crippen molar-refractivity contribution in [3.63, 3.8) is 0 Å². The highest BCUT2D eigenvalue weighted by Gasteiger charge is 2.41. The fourth-order valence-corrected chi connectivity index (χ4v) is 11.8. The molecule has 2 aliphatic rings. The molecule has 0 spiro atoms. The molecular weight excluding hydrogens is 773 g/mol. The molecule has 62 heavy (non-hydrogen) atoms. The molecule has 7 aromatic carbocycles. The summed E-state index contributed by atoms with van der Waals surface area (Å²) < 4.78 is 122. The van der Waals surface area contributed by atoms with Crippen molar-refractivity contribution in [2.75, 3.05) is 0 Å². The van der Waals surface area contributed by atoms with Crippen molar-refractivity contribution in [1.29, 1.82) is 0 Å². The lowest BCUT2D eigenvalue weighted by Gasteiger charge is -2.37. The van der Waals surface area contributed by atoms with Crippen molar-refractivity contribution in [3.8, 4) is 73.0 Å². The second kappa shape index (κ2) is 13.0. The number of hydrogen-bond acceptors (Lipinski definition) is 3. The lowest BCUT2D eigenvalue weighted by molar-refractivity contribution is 0.487. The number of fused-ring (bicyclic) bond motifs is 15. The van der Waals surface area contributed by atoms with Crippen LogP contribution in [0.1, 0.15) is 53.9 Å². The standard InChI is InChI=1S/C56H46N4OSi/c1-33-26-27-50-49(29-33)61-54-51(62(50,6)7)32-48(60-47-25-15-14-24-46(47)59-45-23-13-12-22-44(45)58-55(59)60)34(2)52(54)42-30-40-37-19-10-11-20-38(37)53-39(21-16-28-57-53)35-17-8-9-18-36(35)41(40)31-43(42)56(3,4)5/h8-32H,1-7H3/i1D3,2D3,6D3,7D3. The van der Waals surface area contributed by atoms with Crippen LogP contribution in [0.25, 0.3) is 89.3 Å². The predicted molar refractivity (Wildman–Crippen MR) is 260 cm³/mol. The van der Waals surface area contributed by atoms with Gasteiger partial charge in [0.05, 0.1) is 33.4 Å². The highest BCUT2D eigenvalue weighted by molar-refractivity contribution is 7.01. The first-order valence-electron chi connectivity index (χ1n) is 26.7. The van der Waals surface area contributed by atoms with E-state index in [1.807, 2.05) is 134 Å². The Morgan fingerprint density at radius 3 is 2.03 bits per heavy atom. The van der Waals surface area contributed by atoms with Gasteiger partial charge in [-0.25, -0.2) is 4.98 Å². The largest absolute Gasteiger partial charge is 0.457 e. The van der Waals surface area contributed by atoms with E-state index < -0.39 is 40.1 Å². The molecule has 0 unspecified atom stereocenters. The van der Waals surface area contributed by atoms with Gasteiger partial charge in [-0.2, -0.15) is 0 Å². The van der Waals surface area contributed by atoms with E-state index in [1.165, 1.54) is 24.3 Å². The van der Waals surface area contributed by atoms with E-state index in [9.17, 15) is 12.3 Å². The quantitative estimate of drug-likeness (QED) is 0.163. The number of nitrogens with zero attached hydrogens (tertiary/aromatic N) is 4. The molecule has 0 bridgehead atoms. The molecular formula is C56H46N4OSi. The molecule has 0 amide bonds. The first-order valence-corrected chi connectivity index (χ1v) is 22.7. The lowest BCUT2D eigenvalue weighted by atomic mass is 9.75. The Hall–Kier alpha value is -7.02. The van der Waals surface area contributed by atoms with Gasteiger partial charge in [-0.3, -0.25) is 14.0 Å². The number of benzene rings is 7. The monoisotopic (exact) mass is 830 g/mol. The fourth-order valence-electron chi connectivity index (χ4n) is 9.82. The number of imidazole rings is 2. The van der Waals surface area contributed by atoms with Gasteiger partial charge in [-0.1, -0.05) is 125 Å². The van der Waals surface area contributed by atoms with Crippen LogP contribution in [0.3, 0.4) is 0 Å². The highest BCUT2D eigenvalue weighted by atomic mass is 28.3. The van der Waals surface area contributed by atoms with Crippen LogP contribution in [0.5, 0.6) is 11.5 Å². The summed E-state index contributed by atoms with van der Waals surface area (Å²) in [5.74, 6) is -0.231. The zero-order chi connectivity index (χ0) is 52.2. The average molecular weight is 831 g/mol. The summed E-state index contributed by atoms with van der Waals surface area (Å²) >= 11 is 0. The van der Waals surface area contributed by atoms with Crippen LogP contribution in [-0.2, 0) is 5.41 Å². The minimum absolute atomic E-state index is 0.00716. The van der Waals surface area contributed by atoms with Gasteiger partial charge in [0.2, 0.25) is 5.78 Å². The maximum Gasteiger partial charge on any atom is 0.220 e. The van der Waals surface area contributed by atoms with E-state index >= 15 is 0 Å². The minimum atomic E-state index is -5.36. The number of hydrogen-bond donors (Lipinski definition) is 0. The number of rotatable bonds is 2. The molecule has 1 aliphatic carbocycles. The summed E-state index contributed by atoms with van der Waals surface area (Å²) in [5.41, 5.74) is 8.84. The van der Waals surface area contributed by atoms with Crippen molar-refractivity contribution < 1.29 is 21.2 Å². The fraction of sp³-hybridized carbons (Fsp3) is 0.143. The maximum absolute atomic E-state index is 9.77. The average Bonchev–Trinajstić information content (AvgIpc) is 3.89. The van der Waals surface area contributed by atoms with Crippen molar-refractivity contribution >= 4 is 46.3 Å². The Balaban J connectivity index is 1.34. The second-order valence-corrected chi connectivity index (χ2v) is 19.9. The van der Waals surface area contributed by atoms with Crippen molar-refractivity contribution in [1.82, 2.24) is 18.9 Å². The van der Waals surface area contributed by atoms with Gasteiger partial charge in [0.1, 0.15) is 19.6 Å². The summed E-state index contributed by atoms with van der Waals surface area (Å²) in [6.45, 7) is -6.24. The Bertz CT molecular complexity index is 3990. The number of aromatic nitrogens is 4. The molecule has 0 saturated carbocycles. The topological polar surface area (TPSA) is 44.4 Å². The Labute approximate surface area is 379 Å². The molecule has 300 valence electrons. The van der Waals surface area contributed by atoms with Crippen LogP contribution < -0.4 is 15.1 Å². The third-order valence-corrected chi connectivity index (χ3v) is 15.0. The van der Waals surface area contributed by atoms with Crippen LogP contribution in [0.4, 0.5) is 0 Å². The number of para-hydroxylation sites is 4. The molecule has 0 atom stereocenters. The first kappa shape index (κ1) is 26.3. The first-order chi connectivity index (χ1) is 34.9. The molecule has 0 N–H and O–H groups in total. The zero-order valence-corrected chi connectivity index (χ0v) is 35.1. The van der Waals surface area contributed by atoms with Gasteiger partial charge < -0.3 is 4.74 Å². The van der Waals surface area contributed by atoms with Crippen molar-refractivity contribution in [3.05, 3.63) is 168 Å². The van der Waals surface area contributed by atoms with Crippen LogP contribution in [0, 0.1) is 13.7 Å². The molecule has 3 aromatic heterocycles. The number of aryl methyl sites for hydroxylation is 1. The SMILES string of the molecule is [2H]C([2H])([2H])c1ccc2c(c1)Oc1c(cc(-n3c4ccccc4n4c5ccccc5nc34)c(C([2H])([2H])[2H])c1-c1cc3c(cc1C(C)(C)C)-c1ccccc1-c1cccnc1-c1ccccc1-3)[Si]2(C([2H])([2H])[2H])C([2H])([2H])[2H]. The molecule has 4 heterocycles. The van der Waals surface area contributed by atoms with E-state index in [-0.39, 0.29) is 44.3 Å². The third-order valence-electron chi connectivity index (χ3n) is 12.6. The minimum Gasteiger partial charge on any atom is -0.457 e. The third kappa shape index (κ3) is 5.13. The smallest absolute Gasteiger partial charge is 0.220 e. The van der Waals surface area contributed by atoms with Gasteiger partial charge in [0, 0.05) is 39.3 Å². The van der Waals surface area contributed by atoms with Gasteiger partial charge in [0.25, 0.3) is 0 Å². The summed E-state index contributed by atoms with van der Waals surface area (Å²) in [7, 11) is -5.36. The summed E-state index contributed by atoms with van der Waals surface area (Å²) in [5, 5.41) is -0.344. The van der Waals surface area contributed by atoms with Crippen LogP contribution in [0.15, 0.2) is 152 Å². The Morgan fingerprint density at radius 1 is 0.597 bits per heavy atom. The lowest BCUT2D eigenvalue weighted by Crippen LogP contribution is -2.56. The Morgan fingerprint density at radius 2 is 1.27 bits per heavy atom. The Kier molecular flexibility index (Phi) is 5.52. The zero-order valence-electron chi connectivity index (χ0n) is 46.1. The highest BCUT2D eigenvalue weighted by Crippen LogP contribution is 2.52. The van der Waals surface area contributed by atoms with Crippen LogP contribution >= 0.6 is 0 Å². The van der Waals surface area contributed by atoms with Gasteiger partial charge >= 0.3 is 0 Å². The molecule has 0 saturated heterocycles. The predicted octanol–water partition coefficient (Wildman–Crippen LogP) is 13.3. The van der Waals surface area contributed by atoms with E-state index in [0.717, 1.165) is 44.6 Å².